The summed E-state index contributed by atoms with van der Waals surface area (Å²) < 4.78 is 1.82. The Balaban J connectivity index is 0.00000147. The second-order valence-corrected chi connectivity index (χ2v) is 4.36. The lowest BCUT2D eigenvalue weighted by Crippen LogP contribution is -1.99. The van der Waals surface area contributed by atoms with Crippen LogP contribution in [0, 0.1) is 0 Å². The van der Waals surface area contributed by atoms with Gasteiger partial charge in [-0.1, -0.05) is 35.5 Å². The molecule has 2 heterocycles. The summed E-state index contributed by atoms with van der Waals surface area (Å²) in [4.78, 5) is 6.93. The number of aromatic amines is 1. The topological polar surface area (TPSA) is 85.4 Å². The van der Waals surface area contributed by atoms with Crippen LogP contribution in [0.1, 0.15) is 17.0 Å². The highest BCUT2D eigenvalue weighted by Crippen LogP contribution is 2.07. The van der Waals surface area contributed by atoms with E-state index in [4.69, 9.17) is 5.73 Å². The molecule has 3 rings (SSSR count). The van der Waals surface area contributed by atoms with Gasteiger partial charge in [0.05, 0.1) is 18.4 Å². The van der Waals surface area contributed by atoms with Gasteiger partial charge in [0, 0.05) is 18.3 Å². The van der Waals surface area contributed by atoms with E-state index in [1.165, 1.54) is 5.56 Å². The van der Waals surface area contributed by atoms with Crippen LogP contribution >= 0.6 is 12.4 Å². The third-order valence-corrected chi connectivity index (χ3v) is 2.79. The summed E-state index contributed by atoms with van der Waals surface area (Å²) in [5.74, 6) is 0.423. The van der Waals surface area contributed by atoms with Crippen LogP contribution in [0.2, 0.25) is 0 Å². The second kappa shape index (κ2) is 6.21. The third kappa shape index (κ3) is 3.36. The Labute approximate surface area is 122 Å². The van der Waals surface area contributed by atoms with Crippen LogP contribution in [-0.4, -0.2) is 25.0 Å². The molecule has 0 spiro atoms. The van der Waals surface area contributed by atoms with Crippen LogP contribution in [0.4, 0.5) is 5.95 Å². The zero-order valence-electron chi connectivity index (χ0n) is 10.7. The average molecular weight is 291 g/mol. The Morgan fingerprint density at radius 2 is 2.00 bits per heavy atom. The fourth-order valence-corrected chi connectivity index (χ4v) is 1.93. The van der Waals surface area contributed by atoms with Gasteiger partial charge >= 0.3 is 0 Å². The molecule has 0 saturated carbocycles. The van der Waals surface area contributed by atoms with Crippen molar-refractivity contribution in [1.29, 1.82) is 0 Å². The molecule has 0 radical (unpaired) electrons. The standard InChI is InChI=1S/C13H14N6.ClH/c14-13-15-7-11(16-13)6-12-9-19(18-17-12)8-10-4-2-1-3-5-10;/h1-5,7,9H,6,8H2,(H3,14,15,16);1H. The smallest absolute Gasteiger partial charge is 0.197 e. The van der Waals surface area contributed by atoms with Gasteiger partial charge in [0.1, 0.15) is 0 Å². The zero-order chi connectivity index (χ0) is 13.1. The van der Waals surface area contributed by atoms with Crippen molar-refractivity contribution in [2.45, 2.75) is 13.0 Å². The first-order chi connectivity index (χ1) is 9.29. The maximum atomic E-state index is 5.53. The first kappa shape index (κ1) is 14.1. The van der Waals surface area contributed by atoms with Crippen molar-refractivity contribution < 1.29 is 0 Å². The minimum Gasteiger partial charge on any atom is -0.369 e. The number of nitrogens with two attached hydrogens (primary N) is 1. The summed E-state index contributed by atoms with van der Waals surface area (Å²) >= 11 is 0. The van der Waals surface area contributed by atoms with Crippen molar-refractivity contribution in [1.82, 2.24) is 25.0 Å². The lowest BCUT2D eigenvalue weighted by atomic mass is 10.2. The number of benzene rings is 1. The van der Waals surface area contributed by atoms with Crippen molar-refractivity contribution in [3.8, 4) is 0 Å². The van der Waals surface area contributed by atoms with Crippen molar-refractivity contribution in [3.05, 3.63) is 59.7 Å². The van der Waals surface area contributed by atoms with Gasteiger partial charge in [-0.3, -0.25) is 0 Å². The summed E-state index contributed by atoms with van der Waals surface area (Å²) in [5, 5.41) is 8.26. The molecule has 104 valence electrons. The van der Waals surface area contributed by atoms with Gasteiger partial charge in [-0.25, -0.2) is 9.67 Å². The summed E-state index contributed by atoms with van der Waals surface area (Å²) in [7, 11) is 0. The molecule has 6 nitrogen and oxygen atoms in total. The van der Waals surface area contributed by atoms with Gasteiger partial charge in [-0.15, -0.1) is 17.5 Å². The Kier molecular flexibility index (Phi) is 4.37. The fraction of sp³-hybridized carbons (Fsp3) is 0.154. The normalized spacial score (nSPS) is 10.2. The molecule has 0 atom stereocenters. The maximum absolute atomic E-state index is 5.53. The van der Waals surface area contributed by atoms with Crippen LogP contribution < -0.4 is 5.73 Å². The number of imidazole rings is 1. The van der Waals surface area contributed by atoms with E-state index in [0.29, 0.717) is 12.4 Å². The lowest BCUT2D eigenvalue weighted by Gasteiger charge is -1.99. The van der Waals surface area contributed by atoms with Gasteiger partial charge in [0.15, 0.2) is 5.95 Å². The van der Waals surface area contributed by atoms with E-state index in [9.17, 15) is 0 Å². The number of nitrogens with zero attached hydrogens (tertiary/aromatic N) is 4. The number of halogens is 1. The van der Waals surface area contributed by atoms with E-state index >= 15 is 0 Å². The van der Waals surface area contributed by atoms with Crippen LogP contribution in [0.3, 0.4) is 0 Å². The molecule has 0 aliphatic carbocycles. The average Bonchev–Trinajstić information content (AvgIpc) is 3.01. The first-order valence-electron chi connectivity index (χ1n) is 6.02. The number of hydrogen-bond acceptors (Lipinski definition) is 4. The van der Waals surface area contributed by atoms with Gasteiger partial charge < -0.3 is 10.7 Å². The Bertz CT molecular complexity index is 660. The Hall–Kier alpha value is -2.34. The van der Waals surface area contributed by atoms with Crippen LogP contribution in [0.5, 0.6) is 0 Å². The van der Waals surface area contributed by atoms with E-state index < -0.39 is 0 Å². The molecule has 0 amide bonds. The second-order valence-electron chi connectivity index (χ2n) is 4.36. The predicted molar refractivity (Wildman–Crippen MR) is 78.6 cm³/mol. The number of hydrogen-bond donors (Lipinski definition) is 2. The van der Waals surface area contributed by atoms with Gasteiger partial charge in [-0.05, 0) is 5.56 Å². The lowest BCUT2D eigenvalue weighted by molar-refractivity contribution is 0.649. The van der Waals surface area contributed by atoms with E-state index in [1.807, 2.05) is 29.1 Å². The molecule has 3 aromatic rings. The van der Waals surface area contributed by atoms with Crippen LogP contribution in [0.25, 0.3) is 0 Å². The number of nitrogens with one attached hydrogen (secondary N) is 1. The highest BCUT2D eigenvalue weighted by Gasteiger charge is 2.04. The number of H-pyrrole nitrogens is 1. The molecule has 0 aliphatic rings. The van der Waals surface area contributed by atoms with Crippen LogP contribution in [0.15, 0.2) is 42.7 Å². The molecule has 0 unspecified atom stereocenters. The van der Waals surface area contributed by atoms with Crippen molar-refractivity contribution in [3.63, 3.8) is 0 Å². The van der Waals surface area contributed by atoms with Gasteiger partial charge in [-0.2, -0.15) is 0 Å². The molecule has 2 aromatic heterocycles. The molecule has 3 N–H and O–H groups in total. The number of anilines is 1. The third-order valence-electron chi connectivity index (χ3n) is 2.79. The molecule has 0 aliphatic heterocycles. The monoisotopic (exact) mass is 290 g/mol. The summed E-state index contributed by atoms with van der Waals surface area (Å²) in [5.41, 5.74) is 8.55. The van der Waals surface area contributed by atoms with E-state index in [0.717, 1.165) is 17.9 Å². The number of nitrogen functional groups attached to an aromatic ring is 1. The zero-order valence-corrected chi connectivity index (χ0v) is 11.5. The predicted octanol–water partition coefficient (Wildman–Crippen LogP) is 1.64. The molecule has 0 fully saturated rings. The van der Waals surface area contributed by atoms with E-state index in [-0.39, 0.29) is 12.4 Å². The Morgan fingerprint density at radius 3 is 2.70 bits per heavy atom. The largest absolute Gasteiger partial charge is 0.369 e. The summed E-state index contributed by atoms with van der Waals surface area (Å²) in [6.45, 7) is 0.721. The van der Waals surface area contributed by atoms with Crippen molar-refractivity contribution in [2.75, 3.05) is 5.73 Å². The van der Waals surface area contributed by atoms with Crippen LogP contribution in [-0.2, 0) is 13.0 Å². The Morgan fingerprint density at radius 1 is 1.20 bits per heavy atom. The quantitative estimate of drug-likeness (QED) is 0.765. The molecule has 0 bridgehead atoms. The molecule has 7 heteroatoms. The molecular weight excluding hydrogens is 276 g/mol. The molecule has 1 aromatic carbocycles. The van der Waals surface area contributed by atoms with Gasteiger partial charge in [0.25, 0.3) is 0 Å². The maximum Gasteiger partial charge on any atom is 0.197 e. The number of aromatic nitrogens is 5. The molecule has 0 saturated heterocycles. The van der Waals surface area contributed by atoms with E-state index in [1.54, 1.807) is 6.20 Å². The minimum absolute atomic E-state index is 0. The summed E-state index contributed by atoms with van der Waals surface area (Å²) in [6, 6.07) is 10.2. The summed E-state index contributed by atoms with van der Waals surface area (Å²) in [6.07, 6.45) is 4.30. The van der Waals surface area contributed by atoms with E-state index in [2.05, 4.69) is 32.4 Å². The van der Waals surface area contributed by atoms with Crippen molar-refractivity contribution >= 4 is 18.4 Å². The number of rotatable bonds is 4. The minimum atomic E-state index is 0. The van der Waals surface area contributed by atoms with Gasteiger partial charge in [0.2, 0.25) is 0 Å². The molecule has 20 heavy (non-hydrogen) atoms. The highest BCUT2D eigenvalue weighted by molar-refractivity contribution is 5.85. The van der Waals surface area contributed by atoms with Crippen molar-refractivity contribution in [2.24, 2.45) is 0 Å². The first-order valence-corrected chi connectivity index (χ1v) is 6.02. The SMILES string of the molecule is Cl.Nc1ncc(Cc2cn(Cc3ccccc3)nn2)[nH]1. The highest BCUT2D eigenvalue weighted by atomic mass is 35.5. The fourth-order valence-electron chi connectivity index (χ4n) is 1.93. The molecular formula is C13H15ClN6.